The van der Waals surface area contributed by atoms with E-state index in [-0.39, 0.29) is 6.61 Å². The van der Waals surface area contributed by atoms with Crippen molar-refractivity contribution in [2.75, 3.05) is 7.11 Å². The van der Waals surface area contributed by atoms with Crippen LogP contribution in [0.5, 0.6) is 11.5 Å². The lowest BCUT2D eigenvalue weighted by Gasteiger charge is -2.14. The van der Waals surface area contributed by atoms with Crippen LogP contribution < -0.4 is 9.47 Å². The monoisotopic (exact) mass is 468 g/mol. The van der Waals surface area contributed by atoms with E-state index in [9.17, 15) is 5.26 Å². The molecule has 0 unspecified atom stereocenters. The Kier molecular flexibility index (Phi) is 7.45. The Morgan fingerprint density at radius 3 is 2.48 bits per heavy atom. The smallest absolute Gasteiger partial charge is 0.180 e. The first-order valence-corrected chi connectivity index (χ1v) is 10.1. The minimum absolute atomic E-state index is 0.172. The molecule has 0 N–H and O–H groups in total. The molecule has 31 heavy (non-hydrogen) atoms. The first-order valence-electron chi connectivity index (χ1n) is 9.01. The summed E-state index contributed by atoms with van der Waals surface area (Å²) in [6, 6.07) is 19.6. The number of rotatable bonds is 6. The zero-order valence-electron chi connectivity index (χ0n) is 16.3. The lowest BCUT2D eigenvalue weighted by Crippen LogP contribution is -1.99. The van der Waals surface area contributed by atoms with E-state index < -0.39 is 0 Å². The highest BCUT2D eigenvalue weighted by molar-refractivity contribution is 6.35. The molecule has 0 fully saturated rings. The summed E-state index contributed by atoms with van der Waals surface area (Å²) in [7, 11) is 1.50. The van der Waals surface area contributed by atoms with Crippen molar-refractivity contribution in [3.63, 3.8) is 0 Å². The van der Waals surface area contributed by atoms with Crippen LogP contribution in [0.15, 0.2) is 54.6 Å². The number of halogens is 3. The third kappa shape index (κ3) is 5.51. The Labute approximate surface area is 195 Å². The van der Waals surface area contributed by atoms with E-state index in [2.05, 4.69) is 12.1 Å². The van der Waals surface area contributed by atoms with Crippen molar-refractivity contribution in [1.29, 1.82) is 10.5 Å². The predicted molar refractivity (Wildman–Crippen MR) is 123 cm³/mol. The van der Waals surface area contributed by atoms with Gasteiger partial charge < -0.3 is 9.47 Å². The first kappa shape index (κ1) is 22.5. The average molecular weight is 470 g/mol. The molecule has 0 aliphatic rings. The van der Waals surface area contributed by atoms with Gasteiger partial charge in [-0.05, 0) is 53.6 Å². The van der Waals surface area contributed by atoms with Crippen molar-refractivity contribution in [2.45, 2.75) is 6.61 Å². The second-order valence-electron chi connectivity index (χ2n) is 6.42. The Bertz CT molecular complexity index is 1240. The summed E-state index contributed by atoms with van der Waals surface area (Å²) >= 11 is 18.6. The fourth-order valence-corrected chi connectivity index (χ4v) is 3.59. The number of hydrogen-bond acceptors (Lipinski definition) is 4. The molecule has 7 heteroatoms. The van der Waals surface area contributed by atoms with Gasteiger partial charge in [0.25, 0.3) is 0 Å². The van der Waals surface area contributed by atoms with Gasteiger partial charge in [0, 0.05) is 15.6 Å². The largest absolute Gasteiger partial charge is 0.493 e. The first-order chi connectivity index (χ1) is 14.9. The Hall–Kier alpha value is -3.15. The summed E-state index contributed by atoms with van der Waals surface area (Å²) in [5, 5.41) is 20.0. The van der Waals surface area contributed by atoms with Gasteiger partial charge in [0.05, 0.1) is 35.4 Å². The van der Waals surface area contributed by atoms with Gasteiger partial charge in [-0.2, -0.15) is 10.5 Å². The van der Waals surface area contributed by atoms with Gasteiger partial charge in [0.1, 0.15) is 6.61 Å². The van der Waals surface area contributed by atoms with Crippen molar-refractivity contribution in [1.82, 2.24) is 0 Å². The topological polar surface area (TPSA) is 66.0 Å². The van der Waals surface area contributed by atoms with E-state index in [1.54, 1.807) is 60.7 Å². The number of hydrogen-bond donors (Lipinski definition) is 0. The van der Waals surface area contributed by atoms with E-state index >= 15 is 0 Å². The molecule has 0 atom stereocenters. The second-order valence-corrected chi connectivity index (χ2v) is 7.67. The molecule has 0 radical (unpaired) electrons. The lowest BCUT2D eigenvalue weighted by atomic mass is 10.0. The van der Waals surface area contributed by atoms with Gasteiger partial charge in [0.2, 0.25) is 0 Å². The van der Waals surface area contributed by atoms with Gasteiger partial charge in [-0.1, -0.05) is 53.0 Å². The van der Waals surface area contributed by atoms with Crippen molar-refractivity contribution in [2.24, 2.45) is 0 Å². The molecule has 4 nitrogen and oxygen atoms in total. The zero-order chi connectivity index (χ0) is 22.4. The van der Waals surface area contributed by atoms with Gasteiger partial charge in [-0.25, -0.2) is 0 Å². The summed E-state index contributed by atoms with van der Waals surface area (Å²) < 4.78 is 11.3. The van der Waals surface area contributed by atoms with E-state index in [0.29, 0.717) is 48.8 Å². The van der Waals surface area contributed by atoms with E-state index in [0.717, 1.165) is 5.56 Å². The number of methoxy groups -OCH3 is 1. The number of benzene rings is 3. The SMILES string of the molecule is COc1cc(/C=C(/C#N)c2cccc(C#N)c2)cc(Cl)c1OCc1ccc(Cl)cc1Cl. The molecule has 3 rings (SSSR count). The molecule has 3 aromatic carbocycles. The molecule has 0 aliphatic carbocycles. The van der Waals surface area contributed by atoms with Crippen LogP contribution in [0.3, 0.4) is 0 Å². The summed E-state index contributed by atoms with van der Waals surface area (Å²) in [5.41, 5.74) is 2.89. The number of nitriles is 2. The van der Waals surface area contributed by atoms with Crippen LogP contribution in [0.2, 0.25) is 15.1 Å². The highest BCUT2D eigenvalue weighted by atomic mass is 35.5. The molecule has 0 aromatic heterocycles. The van der Waals surface area contributed by atoms with Crippen molar-refractivity contribution >= 4 is 46.5 Å². The van der Waals surface area contributed by atoms with E-state index in [1.807, 2.05) is 0 Å². The normalized spacial score (nSPS) is 10.8. The average Bonchev–Trinajstić information content (AvgIpc) is 2.77. The maximum absolute atomic E-state index is 9.60. The van der Waals surface area contributed by atoms with Crippen molar-refractivity contribution in [3.05, 3.63) is 91.9 Å². The van der Waals surface area contributed by atoms with Gasteiger partial charge >= 0.3 is 0 Å². The molecule has 0 saturated heterocycles. The molecule has 0 amide bonds. The summed E-state index contributed by atoms with van der Waals surface area (Å²) in [4.78, 5) is 0. The minimum Gasteiger partial charge on any atom is -0.493 e. The fraction of sp³-hybridized carbons (Fsp3) is 0.0833. The third-order valence-electron chi connectivity index (χ3n) is 4.37. The lowest BCUT2D eigenvalue weighted by molar-refractivity contribution is 0.285. The van der Waals surface area contributed by atoms with Gasteiger partial charge in [0.15, 0.2) is 11.5 Å². The molecular formula is C24H15Cl3N2O2. The highest BCUT2D eigenvalue weighted by Crippen LogP contribution is 2.38. The Balaban J connectivity index is 1.91. The van der Waals surface area contributed by atoms with Crippen LogP contribution in [0.25, 0.3) is 11.6 Å². The van der Waals surface area contributed by atoms with Crippen LogP contribution in [-0.2, 0) is 6.61 Å². The van der Waals surface area contributed by atoms with Gasteiger partial charge in [-0.3, -0.25) is 0 Å². The molecule has 0 bridgehead atoms. The maximum atomic E-state index is 9.60. The van der Waals surface area contributed by atoms with Crippen molar-refractivity contribution in [3.8, 4) is 23.6 Å². The zero-order valence-corrected chi connectivity index (χ0v) is 18.6. The maximum Gasteiger partial charge on any atom is 0.180 e. The number of ether oxygens (including phenoxy) is 2. The van der Waals surface area contributed by atoms with Crippen LogP contribution >= 0.6 is 34.8 Å². The van der Waals surface area contributed by atoms with E-state index in [1.165, 1.54) is 7.11 Å². The minimum atomic E-state index is 0.172. The molecule has 0 aliphatic heterocycles. The van der Waals surface area contributed by atoms with Crippen LogP contribution in [-0.4, -0.2) is 7.11 Å². The fourth-order valence-electron chi connectivity index (χ4n) is 2.85. The van der Waals surface area contributed by atoms with Crippen molar-refractivity contribution < 1.29 is 9.47 Å². The molecule has 154 valence electrons. The molecular weight excluding hydrogens is 455 g/mol. The Morgan fingerprint density at radius 1 is 1.00 bits per heavy atom. The van der Waals surface area contributed by atoms with Gasteiger partial charge in [-0.15, -0.1) is 0 Å². The van der Waals surface area contributed by atoms with Crippen LogP contribution in [0.4, 0.5) is 0 Å². The Morgan fingerprint density at radius 2 is 1.81 bits per heavy atom. The van der Waals surface area contributed by atoms with Crippen LogP contribution in [0.1, 0.15) is 22.3 Å². The highest BCUT2D eigenvalue weighted by Gasteiger charge is 2.14. The second kappa shape index (κ2) is 10.2. The summed E-state index contributed by atoms with van der Waals surface area (Å²) in [5.74, 6) is 0.768. The number of nitrogens with zero attached hydrogens (tertiary/aromatic N) is 2. The standard InChI is InChI=1S/C24H15Cl3N2O2/c1-30-23-10-16(8-19(13-29)17-4-2-3-15(7-17)12-28)9-22(27)24(23)31-14-18-5-6-20(25)11-21(18)26/h2-11H,14H2,1H3/b19-8-. The summed E-state index contributed by atoms with van der Waals surface area (Å²) in [6.45, 7) is 0.172. The quantitative estimate of drug-likeness (QED) is 0.283. The molecule has 0 saturated carbocycles. The van der Waals surface area contributed by atoms with E-state index in [4.69, 9.17) is 49.5 Å². The molecule has 0 heterocycles. The summed E-state index contributed by atoms with van der Waals surface area (Å²) in [6.07, 6.45) is 1.67. The predicted octanol–water partition coefficient (Wildman–Crippen LogP) is 7.17. The number of allylic oxidation sites excluding steroid dienone is 1. The molecule has 0 spiro atoms. The molecule has 3 aromatic rings. The third-order valence-corrected chi connectivity index (χ3v) is 5.24. The van der Waals surface area contributed by atoms with Crippen LogP contribution in [0, 0.1) is 22.7 Å².